The standard InChI is InChI=1S/C11H21NO2/c1-4-11(5-2,10(13)14-3)12-8-9-6-7-9/h9,12H,4-8H2,1-3H3. The van der Waals surface area contributed by atoms with Gasteiger partial charge in [0, 0.05) is 0 Å². The molecule has 82 valence electrons. The Kier molecular flexibility index (Phi) is 3.93. The van der Waals surface area contributed by atoms with Crippen molar-refractivity contribution in [1.29, 1.82) is 0 Å². The fourth-order valence-electron chi connectivity index (χ4n) is 1.72. The molecule has 0 aromatic rings. The molecule has 0 aromatic heterocycles. The number of hydrogen-bond donors (Lipinski definition) is 1. The number of carbonyl (C=O) groups excluding carboxylic acids is 1. The van der Waals surface area contributed by atoms with Crippen molar-refractivity contribution in [1.82, 2.24) is 5.32 Å². The maximum atomic E-state index is 11.6. The summed E-state index contributed by atoms with van der Waals surface area (Å²) >= 11 is 0. The van der Waals surface area contributed by atoms with Crippen LogP contribution in [0.25, 0.3) is 0 Å². The molecule has 0 radical (unpaired) electrons. The van der Waals surface area contributed by atoms with Gasteiger partial charge in [-0.05, 0) is 38.1 Å². The number of carbonyl (C=O) groups is 1. The molecule has 3 nitrogen and oxygen atoms in total. The van der Waals surface area contributed by atoms with Crippen molar-refractivity contribution in [3.05, 3.63) is 0 Å². The van der Waals surface area contributed by atoms with Crippen molar-refractivity contribution < 1.29 is 9.53 Å². The van der Waals surface area contributed by atoms with Crippen molar-refractivity contribution >= 4 is 5.97 Å². The molecular formula is C11H21NO2. The highest BCUT2D eigenvalue weighted by Gasteiger charge is 2.37. The summed E-state index contributed by atoms with van der Waals surface area (Å²) in [6.45, 7) is 5.01. The first kappa shape index (κ1) is 11.5. The number of ether oxygens (including phenoxy) is 1. The molecule has 1 fully saturated rings. The van der Waals surface area contributed by atoms with E-state index < -0.39 is 5.54 Å². The first-order chi connectivity index (χ1) is 6.68. The normalized spacial score (nSPS) is 16.8. The second-order valence-electron chi connectivity index (χ2n) is 4.11. The van der Waals surface area contributed by atoms with E-state index in [4.69, 9.17) is 4.74 Å². The molecule has 3 heteroatoms. The van der Waals surface area contributed by atoms with E-state index in [0.29, 0.717) is 0 Å². The predicted octanol–water partition coefficient (Wildman–Crippen LogP) is 1.72. The van der Waals surface area contributed by atoms with Crippen molar-refractivity contribution in [2.45, 2.75) is 45.1 Å². The highest BCUT2D eigenvalue weighted by atomic mass is 16.5. The van der Waals surface area contributed by atoms with Crippen LogP contribution in [0.4, 0.5) is 0 Å². The van der Waals surface area contributed by atoms with E-state index in [0.717, 1.165) is 25.3 Å². The molecule has 0 unspecified atom stereocenters. The zero-order valence-electron chi connectivity index (χ0n) is 9.43. The fourth-order valence-corrected chi connectivity index (χ4v) is 1.72. The lowest BCUT2D eigenvalue weighted by molar-refractivity contribution is -0.149. The monoisotopic (exact) mass is 199 g/mol. The quantitative estimate of drug-likeness (QED) is 0.662. The van der Waals surface area contributed by atoms with Gasteiger partial charge < -0.3 is 10.1 Å². The van der Waals surface area contributed by atoms with E-state index in [-0.39, 0.29) is 5.97 Å². The lowest BCUT2D eigenvalue weighted by Crippen LogP contribution is -2.52. The van der Waals surface area contributed by atoms with Crippen LogP contribution in [0.5, 0.6) is 0 Å². The Hall–Kier alpha value is -0.570. The summed E-state index contributed by atoms with van der Waals surface area (Å²) in [7, 11) is 1.46. The Labute approximate surface area is 86.2 Å². The van der Waals surface area contributed by atoms with Crippen LogP contribution in [0.2, 0.25) is 0 Å². The van der Waals surface area contributed by atoms with E-state index in [1.54, 1.807) is 0 Å². The van der Waals surface area contributed by atoms with Crippen LogP contribution in [0.1, 0.15) is 39.5 Å². The molecule has 14 heavy (non-hydrogen) atoms. The molecule has 0 amide bonds. The minimum atomic E-state index is -0.447. The van der Waals surface area contributed by atoms with Crippen molar-refractivity contribution in [2.75, 3.05) is 13.7 Å². The van der Waals surface area contributed by atoms with Crippen molar-refractivity contribution in [3.8, 4) is 0 Å². The molecule has 0 saturated heterocycles. The number of hydrogen-bond acceptors (Lipinski definition) is 3. The Morgan fingerprint density at radius 1 is 1.43 bits per heavy atom. The zero-order chi connectivity index (χ0) is 10.6. The molecule has 0 bridgehead atoms. The van der Waals surface area contributed by atoms with Crippen LogP contribution in [-0.2, 0) is 9.53 Å². The maximum Gasteiger partial charge on any atom is 0.326 e. The molecule has 0 aromatic carbocycles. The van der Waals surface area contributed by atoms with Gasteiger partial charge in [0.15, 0.2) is 0 Å². The Morgan fingerprint density at radius 3 is 2.36 bits per heavy atom. The second-order valence-corrected chi connectivity index (χ2v) is 4.11. The van der Waals surface area contributed by atoms with Crippen molar-refractivity contribution in [3.63, 3.8) is 0 Å². The number of nitrogens with one attached hydrogen (secondary N) is 1. The van der Waals surface area contributed by atoms with Gasteiger partial charge in [0.25, 0.3) is 0 Å². The van der Waals surface area contributed by atoms with E-state index in [9.17, 15) is 4.79 Å². The van der Waals surface area contributed by atoms with E-state index >= 15 is 0 Å². The molecule has 1 saturated carbocycles. The minimum Gasteiger partial charge on any atom is -0.468 e. The van der Waals surface area contributed by atoms with Gasteiger partial charge in [0.2, 0.25) is 0 Å². The molecule has 0 heterocycles. The smallest absolute Gasteiger partial charge is 0.326 e. The van der Waals surface area contributed by atoms with Crippen LogP contribution in [-0.4, -0.2) is 25.2 Å². The highest BCUT2D eigenvalue weighted by Crippen LogP contribution is 2.29. The third kappa shape index (κ3) is 2.47. The maximum absolute atomic E-state index is 11.6. The topological polar surface area (TPSA) is 38.3 Å². The number of rotatable bonds is 6. The Balaban J connectivity index is 2.52. The van der Waals surface area contributed by atoms with Crippen molar-refractivity contribution in [2.24, 2.45) is 5.92 Å². The van der Waals surface area contributed by atoms with E-state index in [1.165, 1.54) is 20.0 Å². The summed E-state index contributed by atoms with van der Waals surface area (Å²) in [5.41, 5.74) is -0.447. The first-order valence-corrected chi connectivity index (χ1v) is 5.52. The van der Waals surface area contributed by atoms with Crippen LogP contribution in [0.15, 0.2) is 0 Å². The van der Waals surface area contributed by atoms with Gasteiger partial charge >= 0.3 is 5.97 Å². The van der Waals surface area contributed by atoms with Gasteiger partial charge in [-0.15, -0.1) is 0 Å². The van der Waals surface area contributed by atoms with Gasteiger partial charge in [-0.2, -0.15) is 0 Å². The van der Waals surface area contributed by atoms with Gasteiger partial charge in [0.1, 0.15) is 5.54 Å². The third-order valence-electron chi connectivity index (χ3n) is 3.21. The highest BCUT2D eigenvalue weighted by molar-refractivity contribution is 5.80. The molecule has 1 aliphatic carbocycles. The summed E-state index contributed by atoms with van der Waals surface area (Å²) in [5.74, 6) is 0.667. The summed E-state index contributed by atoms with van der Waals surface area (Å²) in [6.07, 6.45) is 4.20. The predicted molar refractivity (Wildman–Crippen MR) is 56.1 cm³/mol. The van der Waals surface area contributed by atoms with Gasteiger partial charge in [-0.3, -0.25) is 4.79 Å². The average molecular weight is 199 g/mol. The summed E-state index contributed by atoms with van der Waals surface area (Å²) < 4.78 is 4.85. The molecule has 0 aliphatic heterocycles. The Morgan fingerprint density at radius 2 is 2.00 bits per heavy atom. The average Bonchev–Trinajstić information content (AvgIpc) is 3.03. The molecule has 0 spiro atoms. The molecule has 0 atom stereocenters. The molecule has 1 rings (SSSR count). The van der Waals surface area contributed by atoms with Crippen LogP contribution >= 0.6 is 0 Å². The number of esters is 1. The van der Waals surface area contributed by atoms with Crippen LogP contribution in [0.3, 0.4) is 0 Å². The summed E-state index contributed by atoms with van der Waals surface area (Å²) in [4.78, 5) is 11.6. The summed E-state index contributed by atoms with van der Waals surface area (Å²) in [6, 6.07) is 0. The van der Waals surface area contributed by atoms with Gasteiger partial charge in [-0.1, -0.05) is 13.8 Å². The third-order valence-corrected chi connectivity index (χ3v) is 3.21. The van der Waals surface area contributed by atoms with E-state index in [2.05, 4.69) is 5.32 Å². The van der Waals surface area contributed by atoms with E-state index in [1.807, 2.05) is 13.8 Å². The zero-order valence-corrected chi connectivity index (χ0v) is 9.43. The van der Waals surface area contributed by atoms with Crippen LogP contribution < -0.4 is 5.32 Å². The van der Waals surface area contributed by atoms with Gasteiger partial charge in [-0.25, -0.2) is 0 Å². The molecular weight excluding hydrogens is 178 g/mol. The number of methoxy groups -OCH3 is 1. The lowest BCUT2D eigenvalue weighted by Gasteiger charge is -2.29. The second kappa shape index (κ2) is 4.78. The Bertz CT molecular complexity index is 195. The summed E-state index contributed by atoms with van der Waals surface area (Å²) in [5, 5.41) is 3.37. The lowest BCUT2D eigenvalue weighted by atomic mass is 9.92. The van der Waals surface area contributed by atoms with Gasteiger partial charge in [0.05, 0.1) is 7.11 Å². The molecule has 1 aliphatic rings. The minimum absolute atomic E-state index is 0.122. The molecule has 1 N–H and O–H groups in total. The SMILES string of the molecule is CCC(CC)(NCC1CC1)C(=O)OC. The fraction of sp³-hybridized carbons (Fsp3) is 0.909. The van der Waals surface area contributed by atoms with Crippen LogP contribution in [0, 0.1) is 5.92 Å². The largest absolute Gasteiger partial charge is 0.468 e. The first-order valence-electron chi connectivity index (χ1n) is 5.52.